The summed E-state index contributed by atoms with van der Waals surface area (Å²) in [6.45, 7) is 5.17. The third kappa shape index (κ3) is 2.58. The molecule has 0 radical (unpaired) electrons. The molecule has 19 heavy (non-hydrogen) atoms. The van der Waals surface area contributed by atoms with Crippen molar-refractivity contribution in [3.8, 4) is 0 Å². The molecule has 0 saturated carbocycles. The zero-order valence-electron chi connectivity index (χ0n) is 11.3. The molecule has 2 heterocycles. The second kappa shape index (κ2) is 4.73. The molecule has 1 aliphatic rings. The van der Waals surface area contributed by atoms with Crippen molar-refractivity contribution in [1.29, 1.82) is 0 Å². The monoisotopic (exact) mass is 284 g/mol. The van der Waals surface area contributed by atoms with E-state index in [1.807, 2.05) is 6.92 Å². The molecule has 0 bridgehead atoms. The summed E-state index contributed by atoms with van der Waals surface area (Å²) in [5.74, 6) is 0.0481. The van der Waals surface area contributed by atoms with Gasteiger partial charge in [-0.25, -0.2) is 13.4 Å². The molecule has 4 N–H and O–H groups in total. The van der Waals surface area contributed by atoms with Crippen molar-refractivity contribution in [1.82, 2.24) is 9.29 Å². The van der Waals surface area contributed by atoms with E-state index in [0.29, 0.717) is 19.6 Å². The van der Waals surface area contributed by atoms with Crippen LogP contribution in [0.5, 0.6) is 0 Å². The number of aromatic nitrogens is 1. The molecule has 106 valence electrons. The van der Waals surface area contributed by atoms with Crippen LogP contribution >= 0.6 is 0 Å². The molecule has 2 rings (SSSR count). The van der Waals surface area contributed by atoms with Crippen LogP contribution in [0, 0.1) is 12.3 Å². The predicted octanol–water partition coefficient (Wildman–Crippen LogP) is 0.332. The fourth-order valence-corrected chi connectivity index (χ4v) is 3.99. The van der Waals surface area contributed by atoms with Crippen LogP contribution in [0.2, 0.25) is 0 Å². The summed E-state index contributed by atoms with van der Waals surface area (Å²) in [5.41, 5.74) is 12.0. The van der Waals surface area contributed by atoms with Gasteiger partial charge in [-0.15, -0.1) is 0 Å². The van der Waals surface area contributed by atoms with Gasteiger partial charge in [-0.2, -0.15) is 4.31 Å². The van der Waals surface area contributed by atoms with E-state index >= 15 is 0 Å². The van der Waals surface area contributed by atoms with E-state index in [4.69, 9.17) is 11.5 Å². The van der Waals surface area contributed by atoms with Gasteiger partial charge >= 0.3 is 0 Å². The van der Waals surface area contributed by atoms with Gasteiger partial charge in [0, 0.05) is 19.3 Å². The molecule has 0 amide bonds. The Morgan fingerprint density at radius 1 is 1.53 bits per heavy atom. The predicted molar refractivity (Wildman–Crippen MR) is 73.9 cm³/mol. The van der Waals surface area contributed by atoms with Crippen LogP contribution in [0.15, 0.2) is 17.2 Å². The number of rotatable bonds is 3. The number of nitrogens with zero attached hydrogens (tertiary/aromatic N) is 2. The average Bonchev–Trinajstić information content (AvgIpc) is 2.76. The normalized spacial score (nSPS) is 24.8. The minimum Gasteiger partial charge on any atom is -0.383 e. The van der Waals surface area contributed by atoms with Crippen molar-refractivity contribution in [2.24, 2.45) is 11.1 Å². The van der Waals surface area contributed by atoms with E-state index in [9.17, 15) is 8.42 Å². The van der Waals surface area contributed by atoms with Crippen LogP contribution in [0.1, 0.15) is 18.9 Å². The van der Waals surface area contributed by atoms with Gasteiger partial charge in [-0.05, 0) is 36.9 Å². The molecule has 1 fully saturated rings. The lowest BCUT2D eigenvalue weighted by atomic mass is 9.90. The largest absolute Gasteiger partial charge is 0.383 e. The van der Waals surface area contributed by atoms with Crippen LogP contribution in [-0.4, -0.2) is 37.3 Å². The van der Waals surface area contributed by atoms with Crippen molar-refractivity contribution < 1.29 is 8.42 Å². The Morgan fingerprint density at radius 2 is 2.21 bits per heavy atom. The third-order valence-corrected chi connectivity index (χ3v) is 5.53. The van der Waals surface area contributed by atoms with Crippen LogP contribution in [0.25, 0.3) is 0 Å². The fourth-order valence-electron chi connectivity index (χ4n) is 2.25. The Bertz CT molecular complexity index is 587. The van der Waals surface area contributed by atoms with Gasteiger partial charge in [0.15, 0.2) is 0 Å². The van der Waals surface area contributed by atoms with Crippen molar-refractivity contribution in [3.05, 3.63) is 17.8 Å². The molecule has 1 saturated heterocycles. The molecule has 0 spiro atoms. The highest BCUT2D eigenvalue weighted by molar-refractivity contribution is 7.89. The van der Waals surface area contributed by atoms with Crippen molar-refractivity contribution >= 4 is 15.8 Å². The van der Waals surface area contributed by atoms with Gasteiger partial charge in [-0.3, -0.25) is 0 Å². The third-order valence-electron chi connectivity index (χ3n) is 3.65. The molecular weight excluding hydrogens is 264 g/mol. The molecule has 1 aromatic rings. The highest BCUT2D eigenvalue weighted by atomic mass is 32.2. The Kier molecular flexibility index (Phi) is 3.55. The zero-order chi connectivity index (χ0) is 14.3. The fraction of sp³-hybridized carbons (Fsp3) is 0.583. The van der Waals surface area contributed by atoms with E-state index in [2.05, 4.69) is 4.98 Å². The number of nitrogen functional groups attached to an aromatic ring is 1. The second-order valence-corrected chi connectivity index (χ2v) is 7.41. The molecule has 1 aliphatic heterocycles. The quantitative estimate of drug-likeness (QED) is 0.832. The Labute approximate surface area is 113 Å². The first-order valence-electron chi connectivity index (χ1n) is 6.21. The van der Waals surface area contributed by atoms with Gasteiger partial charge in [0.05, 0.1) is 0 Å². The van der Waals surface area contributed by atoms with Gasteiger partial charge in [0.2, 0.25) is 10.0 Å². The van der Waals surface area contributed by atoms with E-state index in [1.165, 1.54) is 4.31 Å². The molecule has 0 aromatic carbocycles. The van der Waals surface area contributed by atoms with Crippen LogP contribution in [0.3, 0.4) is 0 Å². The maximum atomic E-state index is 12.6. The molecule has 0 aliphatic carbocycles. The summed E-state index contributed by atoms with van der Waals surface area (Å²) < 4.78 is 26.6. The Balaban J connectivity index is 2.36. The van der Waals surface area contributed by atoms with Gasteiger partial charge in [-0.1, -0.05) is 6.92 Å². The highest BCUT2D eigenvalue weighted by Gasteiger charge is 2.39. The summed E-state index contributed by atoms with van der Waals surface area (Å²) in [6, 6.07) is 1.57. The van der Waals surface area contributed by atoms with E-state index in [1.54, 1.807) is 19.2 Å². The molecule has 1 unspecified atom stereocenters. The van der Waals surface area contributed by atoms with Gasteiger partial charge < -0.3 is 11.5 Å². The molecule has 7 heteroatoms. The average molecular weight is 284 g/mol. The maximum absolute atomic E-state index is 12.6. The lowest BCUT2D eigenvalue weighted by molar-refractivity contribution is 0.349. The first-order chi connectivity index (χ1) is 8.78. The van der Waals surface area contributed by atoms with E-state index in [-0.39, 0.29) is 16.1 Å². The Hall–Kier alpha value is -1.18. The van der Waals surface area contributed by atoms with Crippen molar-refractivity contribution in [3.63, 3.8) is 0 Å². The molecule has 1 atom stereocenters. The van der Waals surface area contributed by atoms with Crippen molar-refractivity contribution in [2.45, 2.75) is 25.2 Å². The van der Waals surface area contributed by atoms with Gasteiger partial charge in [0.1, 0.15) is 10.7 Å². The summed E-state index contributed by atoms with van der Waals surface area (Å²) in [6.07, 6.45) is 2.32. The van der Waals surface area contributed by atoms with E-state index in [0.717, 1.165) is 12.0 Å². The first kappa shape index (κ1) is 14.2. The second-order valence-electron chi connectivity index (χ2n) is 5.50. The summed E-state index contributed by atoms with van der Waals surface area (Å²) in [7, 11) is -3.58. The van der Waals surface area contributed by atoms with Crippen molar-refractivity contribution in [2.75, 3.05) is 25.4 Å². The van der Waals surface area contributed by atoms with Crippen LogP contribution in [-0.2, 0) is 10.0 Å². The highest BCUT2D eigenvalue weighted by Crippen LogP contribution is 2.33. The number of aryl methyl sites for hydroxylation is 1. The number of nitrogens with two attached hydrogens (primary N) is 2. The van der Waals surface area contributed by atoms with Crippen LogP contribution in [0.4, 0.5) is 5.82 Å². The molecule has 1 aromatic heterocycles. The lowest BCUT2D eigenvalue weighted by Crippen LogP contribution is -2.34. The minimum atomic E-state index is -3.58. The summed E-state index contributed by atoms with van der Waals surface area (Å²) in [5, 5.41) is 0. The Morgan fingerprint density at radius 3 is 2.79 bits per heavy atom. The summed E-state index contributed by atoms with van der Waals surface area (Å²) >= 11 is 0. The smallest absolute Gasteiger partial charge is 0.246 e. The molecular formula is C12H20N4O2S. The molecule has 6 nitrogen and oxygen atoms in total. The summed E-state index contributed by atoms with van der Waals surface area (Å²) in [4.78, 5) is 4.01. The number of hydrogen-bond donors (Lipinski definition) is 2. The number of hydrogen-bond acceptors (Lipinski definition) is 5. The van der Waals surface area contributed by atoms with E-state index < -0.39 is 10.0 Å². The number of pyridine rings is 1. The number of sulfonamides is 1. The SMILES string of the molecule is Cc1cnc(N)c(S(=O)(=O)N2CCC(C)(CN)C2)c1. The maximum Gasteiger partial charge on any atom is 0.246 e. The standard InChI is InChI=1S/C12H20N4O2S/c1-9-5-10(11(14)15-6-9)19(17,18)16-4-3-12(2,7-13)8-16/h5-6H,3-4,7-8,13H2,1-2H3,(H2,14,15). The van der Waals surface area contributed by atoms with Crippen LogP contribution < -0.4 is 11.5 Å². The topological polar surface area (TPSA) is 102 Å². The zero-order valence-corrected chi connectivity index (χ0v) is 12.1. The van der Waals surface area contributed by atoms with Gasteiger partial charge in [0.25, 0.3) is 0 Å². The lowest BCUT2D eigenvalue weighted by Gasteiger charge is -2.22. The minimum absolute atomic E-state index is 0.0481. The number of anilines is 1. The first-order valence-corrected chi connectivity index (χ1v) is 7.65.